The summed E-state index contributed by atoms with van der Waals surface area (Å²) in [6.07, 6.45) is 9.09. The van der Waals surface area contributed by atoms with E-state index in [9.17, 15) is 9.90 Å². The van der Waals surface area contributed by atoms with Gasteiger partial charge in [0.15, 0.2) is 0 Å². The molecule has 0 aromatic carbocycles. The molecule has 2 aliphatic carbocycles. The van der Waals surface area contributed by atoms with Crippen molar-refractivity contribution in [3.63, 3.8) is 0 Å². The number of carbonyl (C=O) groups is 1. The number of likely N-dealkylation sites (tertiary alicyclic amines) is 1. The molecule has 3 heteroatoms. The van der Waals surface area contributed by atoms with Crippen LogP contribution >= 0.6 is 0 Å². The highest BCUT2D eigenvalue weighted by molar-refractivity contribution is 5.82. The Morgan fingerprint density at radius 1 is 1.16 bits per heavy atom. The Labute approximate surface area is 116 Å². The van der Waals surface area contributed by atoms with Gasteiger partial charge in [0, 0.05) is 18.5 Å². The molecule has 3 aliphatic rings. The van der Waals surface area contributed by atoms with E-state index < -0.39 is 0 Å². The van der Waals surface area contributed by atoms with Crippen molar-refractivity contribution in [1.29, 1.82) is 0 Å². The molecule has 1 heterocycles. The van der Waals surface area contributed by atoms with Crippen LogP contribution in [-0.2, 0) is 4.79 Å². The summed E-state index contributed by atoms with van der Waals surface area (Å²) in [5.41, 5.74) is 0. The molecule has 0 aromatic rings. The average Bonchev–Trinajstić information content (AvgIpc) is 3.12. The van der Waals surface area contributed by atoms with Crippen LogP contribution in [0.3, 0.4) is 0 Å². The van der Waals surface area contributed by atoms with Crippen molar-refractivity contribution >= 4 is 5.91 Å². The number of hydrogen-bond donors (Lipinski definition) is 1. The van der Waals surface area contributed by atoms with E-state index in [1.54, 1.807) is 0 Å². The van der Waals surface area contributed by atoms with Crippen LogP contribution in [0, 0.1) is 17.8 Å². The van der Waals surface area contributed by atoms with Crippen LogP contribution in [-0.4, -0.2) is 34.6 Å². The predicted molar refractivity (Wildman–Crippen MR) is 74.6 cm³/mol. The number of aliphatic hydroxyl groups excluding tert-OH is 1. The number of carbonyl (C=O) groups excluding carboxylic acids is 1. The van der Waals surface area contributed by atoms with E-state index in [4.69, 9.17) is 0 Å². The third kappa shape index (κ3) is 2.67. The summed E-state index contributed by atoms with van der Waals surface area (Å²) in [5, 5.41) is 9.63. The van der Waals surface area contributed by atoms with Crippen molar-refractivity contribution in [1.82, 2.24) is 4.90 Å². The van der Waals surface area contributed by atoms with Gasteiger partial charge in [-0.15, -0.1) is 0 Å². The topological polar surface area (TPSA) is 40.5 Å². The molecule has 0 bridgehead atoms. The van der Waals surface area contributed by atoms with Crippen molar-refractivity contribution in [2.75, 3.05) is 6.54 Å². The fourth-order valence-electron chi connectivity index (χ4n) is 4.48. The smallest absolute Gasteiger partial charge is 0.226 e. The van der Waals surface area contributed by atoms with Crippen LogP contribution in [0.25, 0.3) is 0 Å². The second-order valence-corrected chi connectivity index (χ2v) is 6.90. The lowest BCUT2D eigenvalue weighted by Crippen LogP contribution is -2.46. The zero-order valence-corrected chi connectivity index (χ0v) is 12.1. The van der Waals surface area contributed by atoms with E-state index in [0.717, 1.165) is 25.8 Å². The molecular weight excluding hydrogens is 238 g/mol. The van der Waals surface area contributed by atoms with Gasteiger partial charge >= 0.3 is 0 Å². The summed E-state index contributed by atoms with van der Waals surface area (Å²) in [5.74, 6) is 2.17. The van der Waals surface area contributed by atoms with Crippen LogP contribution in [0.4, 0.5) is 0 Å². The first-order valence-corrected chi connectivity index (χ1v) is 8.17. The fourth-order valence-corrected chi connectivity index (χ4v) is 4.48. The van der Waals surface area contributed by atoms with Crippen molar-refractivity contribution in [2.45, 2.75) is 70.4 Å². The zero-order valence-electron chi connectivity index (χ0n) is 12.1. The van der Waals surface area contributed by atoms with Gasteiger partial charge in [0.2, 0.25) is 5.91 Å². The summed E-state index contributed by atoms with van der Waals surface area (Å²) in [6.45, 7) is 2.76. The first-order chi connectivity index (χ1) is 9.18. The molecule has 0 spiro atoms. The minimum Gasteiger partial charge on any atom is -0.393 e. The Kier molecular flexibility index (Phi) is 3.84. The predicted octanol–water partition coefficient (Wildman–Crippen LogP) is 2.57. The molecule has 1 saturated heterocycles. The Morgan fingerprint density at radius 2 is 1.79 bits per heavy atom. The first kappa shape index (κ1) is 13.4. The Hall–Kier alpha value is -0.570. The molecule has 3 nitrogen and oxygen atoms in total. The Balaban J connectivity index is 1.64. The number of hydrogen-bond acceptors (Lipinski definition) is 2. The summed E-state index contributed by atoms with van der Waals surface area (Å²) < 4.78 is 0. The minimum atomic E-state index is -0.292. The zero-order chi connectivity index (χ0) is 13.4. The summed E-state index contributed by atoms with van der Waals surface area (Å²) >= 11 is 0. The van der Waals surface area contributed by atoms with Crippen LogP contribution in [0.15, 0.2) is 0 Å². The van der Waals surface area contributed by atoms with E-state index in [1.165, 1.54) is 32.1 Å². The van der Waals surface area contributed by atoms with Gasteiger partial charge in [-0.25, -0.2) is 0 Å². The maximum atomic E-state index is 12.8. The number of amides is 1. The quantitative estimate of drug-likeness (QED) is 0.852. The van der Waals surface area contributed by atoms with Crippen LogP contribution < -0.4 is 0 Å². The third-order valence-electron chi connectivity index (χ3n) is 5.47. The van der Waals surface area contributed by atoms with Gasteiger partial charge in [0.1, 0.15) is 0 Å². The Bertz CT molecular complexity index is 330. The molecular formula is C16H27NO2. The summed E-state index contributed by atoms with van der Waals surface area (Å²) in [4.78, 5) is 14.9. The molecule has 3 fully saturated rings. The van der Waals surface area contributed by atoms with E-state index in [1.807, 2.05) is 6.92 Å². The molecule has 0 aromatic heterocycles. The first-order valence-electron chi connectivity index (χ1n) is 8.17. The highest BCUT2D eigenvalue weighted by atomic mass is 16.3. The number of aliphatic hydroxyl groups is 1. The molecule has 0 radical (unpaired) electrons. The van der Waals surface area contributed by atoms with E-state index >= 15 is 0 Å². The largest absolute Gasteiger partial charge is 0.393 e. The lowest BCUT2D eigenvalue weighted by molar-refractivity contribution is -0.137. The number of rotatable bonds is 3. The van der Waals surface area contributed by atoms with Gasteiger partial charge < -0.3 is 10.0 Å². The van der Waals surface area contributed by atoms with Crippen molar-refractivity contribution in [2.24, 2.45) is 17.8 Å². The number of piperidine rings is 1. The normalized spacial score (nSPS) is 39.6. The van der Waals surface area contributed by atoms with Crippen molar-refractivity contribution < 1.29 is 9.90 Å². The SMILES string of the molecule is CC(O)CC1CCCCN1C(=O)C1C2CCCCC21. The van der Waals surface area contributed by atoms with E-state index in [0.29, 0.717) is 29.7 Å². The average molecular weight is 265 g/mol. The maximum Gasteiger partial charge on any atom is 0.226 e. The van der Waals surface area contributed by atoms with Gasteiger partial charge in [-0.2, -0.15) is 0 Å². The van der Waals surface area contributed by atoms with Crippen molar-refractivity contribution in [3.8, 4) is 0 Å². The fraction of sp³-hybridized carbons (Fsp3) is 0.938. The molecule has 19 heavy (non-hydrogen) atoms. The second kappa shape index (κ2) is 5.43. The van der Waals surface area contributed by atoms with Crippen LogP contribution in [0.1, 0.15) is 58.3 Å². The minimum absolute atomic E-state index is 0.292. The summed E-state index contributed by atoms with van der Waals surface area (Å²) in [7, 11) is 0. The maximum absolute atomic E-state index is 12.8. The van der Waals surface area contributed by atoms with E-state index in [-0.39, 0.29) is 6.10 Å². The lowest BCUT2D eigenvalue weighted by Gasteiger charge is -2.37. The van der Waals surface area contributed by atoms with E-state index in [2.05, 4.69) is 4.90 Å². The molecule has 1 aliphatic heterocycles. The number of nitrogens with zero attached hydrogens (tertiary/aromatic N) is 1. The lowest BCUT2D eigenvalue weighted by atomic mass is 9.96. The van der Waals surface area contributed by atoms with Gasteiger partial charge in [0.25, 0.3) is 0 Å². The van der Waals surface area contributed by atoms with Gasteiger partial charge in [-0.3, -0.25) is 4.79 Å². The summed E-state index contributed by atoms with van der Waals surface area (Å²) in [6, 6.07) is 0.295. The van der Waals surface area contributed by atoms with Gasteiger partial charge in [0.05, 0.1) is 6.10 Å². The molecule has 108 valence electrons. The molecule has 1 amide bonds. The molecule has 4 unspecified atom stereocenters. The highest BCUT2D eigenvalue weighted by Crippen LogP contribution is 2.56. The van der Waals surface area contributed by atoms with Crippen molar-refractivity contribution in [3.05, 3.63) is 0 Å². The molecule has 3 rings (SSSR count). The van der Waals surface area contributed by atoms with Crippen LogP contribution in [0.2, 0.25) is 0 Å². The number of fused-ring (bicyclic) bond motifs is 1. The molecule has 2 saturated carbocycles. The Morgan fingerprint density at radius 3 is 2.42 bits per heavy atom. The highest BCUT2D eigenvalue weighted by Gasteiger charge is 2.56. The molecule has 1 N–H and O–H groups in total. The third-order valence-corrected chi connectivity index (χ3v) is 5.47. The monoisotopic (exact) mass is 265 g/mol. The standard InChI is InChI=1S/C16H27NO2/c1-11(18)10-12-6-4-5-9-17(12)16(19)15-13-7-2-3-8-14(13)15/h11-15,18H,2-10H2,1H3. The van der Waals surface area contributed by atoms with Gasteiger partial charge in [-0.1, -0.05) is 12.8 Å². The van der Waals surface area contributed by atoms with Crippen LogP contribution in [0.5, 0.6) is 0 Å². The molecule has 4 atom stereocenters. The second-order valence-electron chi connectivity index (χ2n) is 6.90. The van der Waals surface area contributed by atoms with Gasteiger partial charge in [-0.05, 0) is 57.3 Å².